The van der Waals surface area contributed by atoms with Gasteiger partial charge in [0, 0.05) is 18.7 Å². The third-order valence-corrected chi connectivity index (χ3v) is 3.46. The number of rotatable bonds is 4. The number of nitrogens with zero attached hydrogens (tertiary/aromatic N) is 4. The summed E-state index contributed by atoms with van der Waals surface area (Å²) in [7, 11) is 0. The van der Waals surface area contributed by atoms with E-state index >= 15 is 0 Å². The summed E-state index contributed by atoms with van der Waals surface area (Å²) in [6.45, 7) is 0.461. The summed E-state index contributed by atoms with van der Waals surface area (Å²) >= 11 is 6.07. The van der Waals surface area contributed by atoms with Gasteiger partial charge in [-0.15, -0.1) is 0 Å². The van der Waals surface area contributed by atoms with Crippen LogP contribution < -0.4 is 5.73 Å². The summed E-state index contributed by atoms with van der Waals surface area (Å²) in [4.78, 5) is 12.5. The second-order valence-corrected chi connectivity index (χ2v) is 5.08. The standard InChI is InChI=1S/C14H13ClFN5O/c15-11-10-13(20-14(17)19-11)21(5-2-6-22)12(18-10)8-3-1-4-9(16)7-8/h1,3-4,7,22H,2,5-6H2,(H2,17,19,20). The number of anilines is 1. The van der Waals surface area contributed by atoms with Crippen LogP contribution in [0.4, 0.5) is 10.3 Å². The molecule has 0 saturated carbocycles. The van der Waals surface area contributed by atoms with Gasteiger partial charge in [-0.2, -0.15) is 9.97 Å². The Morgan fingerprint density at radius 3 is 2.82 bits per heavy atom. The van der Waals surface area contributed by atoms with Crippen molar-refractivity contribution in [1.29, 1.82) is 0 Å². The lowest BCUT2D eigenvalue weighted by atomic mass is 10.2. The number of aliphatic hydroxyl groups is 1. The highest BCUT2D eigenvalue weighted by atomic mass is 35.5. The smallest absolute Gasteiger partial charge is 0.223 e. The lowest BCUT2D eigenvalue weighted by Gasteiger charge is -2.08. The fourth-order valence-corrected chi connectivity index (χ4v) is 2.49. The van der Waals surface area contributed by atoms with E-state index in [1.807, 2.05) is 0 Å². The molecular formula is C14H13ClFN5O. The third kappa shape index (κ3) is 2.60. The predicted molar refractivity (Wildman–Crippen MR) is 81.8 cm³/mol. The summed E-state index contributed by atoms with van der Waals surface area (Å²) in [5.41, 5.74) is 7.09. The van der Waals surface area contributed by atoms with Crippen LogP contribution in [0, 0.1) is 5.82 Å². The van der Waals surface area contributed by atoms with Gasteiger partial charge in [-0.05, 0) is 18.6 Å². The van der Waals surface area contributed by atoms with Crippen LogP contribution >= 0.6 is 11.6 Å². The van der Waals surface area contributed by atoms with Crippen molar-refractivity contribution in [3.63, 3.8) is 0 Å². The Bertz CT molecular complexity index is 835. The molecule has 3 rings (SSSR count). The van der Waals surface area contributed by atoms with Gasteiger partial charge in [0.05, 0.1) is 0 Å². The van der Waals surface area contributed by atoms with Crippen LogP contribution in [0.2, 0.25) is 5.15 Å². The number of aliphatic hydroxyl groups excluding tert-OH is 1. The Balaban J connectivity index is 2.26. The summed E-state index contributed by atoms with van der Waals surface area (Å²) in [6.07, 6.45) is 0.495. The highest BCUT2D eigenvalue weighted by Gasteiger charge is 2.17. The van der Waals surface area contributed by atoms with Crippen LogP contribution in [0.25, 0.3) is 22.6 Å². The molecule has 6 nitrogen and oxygen atoms in total. The summed E-state index contributed by atoms with van der Waals surface area (Å²) in [5.74, 6) is 0.174. The second-order valence-electron chi connectivity index (χ2n) is 4.72. The van der Waals surface area contributed by atoms with E-state index in [4.69, 9.17) is 22.4 Å². The van der Waals surface area contributed by atoms with Crippen LogP contribution in [0.5, 0.6) is 0 Å². The van der Waals surface area contributed by atoms with Crippen LogP contribution in [0.3, 0.4) is 0 Å². The molecule has 0 unspecified atom stereocenters. The minimum absolute atomic E-state index is 0.0105. The lowest BCUT2D eigenvalue weighted by molar-refractivity contribution is 0.280. The van der Waals surface area contributed by atoms with E-state index < -0.39 is 0 Å². The SMILES string of the molecule is Nc1nc(Cl)c2nc(-c3cccc(F)c3)n(CCCO)c2n1. The Morgan fingerprint density at radius 2 is 2.09 bits per heavy atom. The van der Waals surface area contributed by atoms with E-state index in [9.17, 15) is 4.39 Å². The largest absolute Gasteiger partial charge is 0.396 e. The zero-order valence-corrected chi connectivity index (χ0v) is 12.3. The van der Waals surface area contributed by atoms with Crippen molar-refractivity contribution in [1.82, 2.24) is 19.5 Å². The van der Waals surface area contributed by atoms with E-state index in [1.165, 1.54) is 12.1 Å². The second kappa shape index (κ2) is 5.86. The zero-order valence-electron chi connectivity index (χ0n) is 11.5. The van der Waals surface area contributed by atoms with Crippen molar-refractivity contribution in [2.75, 3.05) is 12.3 Å². The average molecular weight is 322 g/mol. The number of hydrogen-bond acceptors (Lipinski definition) is 5. The first-order valence-corrected chi connectivity index (χ1v) is 7.04. The molecule has 3 N–H and O–H groups in total. The van der Waals surface area contributed by atoms with Crippen LogP contribution in [0.1, 0.15) is 6.42 Å². The van der Waals surface area contributed by atoms with E-state index in [0.717, 1.165) is 0 Å². The molecule has 0 aliphatic heterocycles. The number of imidazole rings is 1. The van der Waals surface area contributed by atoms with Crippen LogP contribution in [0.15, 0.2) is 24.3 Å². The molecule has 22 heavy (non-hydrogen) atoms. The molecule has 0 atom stereocenters. The minimum atomic E-state index is -0.366. The highest BCUT2D eigenvalue weighted by molar-refractivity contribution is 6.33. The van der Waals surface area contributed by atoms with Gasteiger partial charge in [0.15, 0.2) is 10.8 Å². The Labute approximate surface area is 130 Å². The van der Waals surface area contributed by atoms with E-state index in [1.54, 1.807) is 16.7 Å². The maximum Gasteiger partial charge on any atom is 0.223 e. The van der Waals surface area contributed by atoms with Gasteiger partial charge in [0.2, 0.25) is 5.95 Å². The molecule has 0 fully saturated rings. The molecule has 8 heteroatoms. The first-order valence-electron chi connectivity index (χ1n) is 6.66. The topological polar surface area (TPSA) is 89.8 Å². The number of fused-ring (bicyclic) bond motifs is 1. The normalized spacial score (nSPS) is 11.2. The van der Waals surface area contributed by atoms with Crippen molar-refractivity contribution in [2.24, 2.45) is 0 Å². The van der Waals surface area contributed by atoms with Crippen molar-refractivity contribution in [3.8, 4) is 11.4 Å². The molecule has 2 aromatic heterocycles. The van der Waals surface area contributed by atoms with Crippen molar-refractivity contribution in [2.45, 2.75) is 13.0 Å². The van der Waals surface area contributed by atoms with Gasteiger partial charge >= 0.3 is 0 Å². The van der Waals surface area contributed by atoms with Crippen molar-refractivity contribution in [3.05, 3.63) is 35.2 Å². The zero-order chi connectivity index (χ0) is 15.7. The van der Waals surface area contributed by atoms with Crippen molar-refractivity contribution < 1.29 is 9.50 Å². The van der Waals surface area contributed by atoms with E-state index in [0.29, 0.717) is 35.5 Å². The number of hydrogen-bond donors (Lipinski definition) is 2. The first-order chi connectivity index (χ1) is 10.6. The monoisotopic (exact) mass is 321 g/mol. The van der Waals surface area contributed by atoms with Gasteiger partial charge in [-0.25, -0.2) is 9.37 Å². The number of nitrogens with two attached hydrogens (primary N) is 1. The predicted octanol–water partition coefficient (Wildman–Crippen LogP) is 2.25. The molecule has 0 amide bonds. The van der Waals surface area contributed by atoms with Crippen LogP contribution in [-0.2, 0) is 6.54 Å². The molecule has 3 aromatic rings. The first kappa shape index (κ1) is 14.7. The molecule has 0 aliphatic carbocycles. The summed E-state index contributed by atoms with van der Waals surface area (Å²) in [5, 5.41) is 9.22. The Morgan fingerprint density at radius 1 is 1.27 bits per heavy atom. The minimum Gasteiger partial charge on any atom is -0.396 e. The fourth-order valence-electron chi connectivity index (χ4n) is 2.27. The third-order valence-electron chi connectivity index (χ3n) is 3.19. The summed E-state index contributed by atoms with van der Waals surface area (Å²) in [6, 6.07) is 6.07. The number of halogens is 2. The fraction of sp³-hybridized carbons (Fsp3) is 0.214. The highest BCUT2D eigenvalue weighted by Crippen LogP contribution is 2.28. The Hall–Kier alpha value is -2.25. The molecule has 0 bridgehead atoms. The van der Waals surface area contributed by atoms with Crippen molar-refractivity contribution >= 4 is 28.7 Å². The number of aromatic nitrogens is 4. The van der Waals surface area contributed by atoms with Gasteiger partial charge in [-0.1, -0.05) is 23.7 Å². The van der Waals surface area contributed by atoms with Crippen LogP contribution in [-0.4, -0.2) is 31.2 Å². The number of aryl methyl sites for hydroxylation is 1. The summed E-state index contributed by atoms with van der Waals surface area (Å²) < 4.78 is 15.2. The number of nitrogen functional groups attached to an aromatic ring is 1. The molecule has 0 radical (unpaired) electrons. The van der Waals surface area contributed by atoms with Gasteiger partial charge in [-0.3, -0.25) is 0 Å². The molecule has 0 saturated heterocycles. The molecule has 1 aromatic carbocycles. The molecule has 0 spiro atoms. The molecule has 114 valence electrons. The molecule has 2 heterocycles. The maximum absolute atomic E-state index is 13.5. The average Bonchev–Trinajstić information content (AvgIpc) is 2.84. The quantitative estimate of drug-likeness (QED) is 0.719. The maximum atomic E-state index is 13.5. The van der Waals surface area contributed by atoms with Gasteiger partial charge in [0.1, 0.15) is 17.2 Å². The number of benzene rings is 1. The Kier molecular flexibility index (Phi) is 3.91. The van der Waals surface area contributed by atoms with E-state index in [-0.39, 0.29) is 23.5 Å². The lowest BCUT2D eigenvalue weighted by Crippen LogP contribution is -2.05. The molecular weight excluding hydrogens is 309 g/mol. The van der Waals surface area contributed by atoms with E-state index in [2.05, 4.69) is 15.0 Å². The molecule has 0 aliphatic rings. The van der Waals surface area contributed by atoms with Gasteiger partial charge < -0.3 is 15.4 Å². The van der Waals surface area contributed by atoms with Gasteiger partial charge in [0.25, 0.3) is 0 Å².